The Hall–Kier alpha value is -0.940. The molecule has 2 N–H and O–H groups in total. The van der Waals surface area contributed by atoms with Gasteiger partial charge in [-0.05, 0) is 6.92 Å². The number of rotatable bonds is 4. The van der Waals surface area contributed by atoms with Gasteiger partial charge < -0.3 is 10.5 Å². The molecular formula is C7H14N4O. The van der Waals surface area contributed by atoms with Crippen LogP contribution in [0.1, 0.15) is 12.6 Å². The zero-order valence-electron chi connectivity index (χ0n) is 7.40. The number of ether oxygens (including phenoxy) is 1. The summed E-state index contributed by atoms with van der Waals surface area (Å²) in [6, 6.07) is 0. The second kappa shape index (κ2) is 4.18. The number of aromatic nitrogens is 3. The first kappa shape index (κ1) is 9.15. The van der Waals surface area contributed by atoms with Gasteiger partial charge >= 0.3 is 0 Å². The minimum atomic E-state index is 0.150. The molecule has 0 saturated heterocycles. The van der Waals surface area contributed by atoms with Crippen LogP contribution in [-0.4, -0.2) is 28.2 Å². The van der Waals surface area contributed by atoms with E-state index in [-0.39, 0.29) is 6.10 Å². The van der Waals surface area contributed by atoms with Crippen LogP contribution in [0.2, 0.25) is 0 Å². The number of hydrogen-bond acceptors (Lipinski definition) is 4. The third kappa shape index (κ3) is 2.28. The Morgan fingerprint density at radius 3 is 3.00 bits per heavy atom. The predicted octanol–water partition coefficient (Wildman–Crippen LogP) is -0.228. The van der Waals surface area contributed by atoms with Gasteiger partial charge in [-0.1, -0.05) is 5.21 Å². The molecule has 5 heteroatoms. The van der Waals surface area contributed by atoms with Gasteiger partial charge in [0.05, 0.1) is 18.3 Å². The van der Waals surface area contributed by atoms with Crippen molar-refractivity contribution in [1.29, 1.82) is 0 Å². The van der Waals surface area contributed by atoms with Crippen LogP contribution in [0.25, 0.3) is 0 Å². The summed E-state index contributed by atoms with van der Waals surface area (Å²) in [4.78, 5) is 0. The van der Waals surface area contributed by atoms with Gasteiger partial charge in [-0.15, -0.1) is 5.10 Å². The fourth-order valence-corrected chi connectivity index (χ4v) is 0.859. The lowest BCUT2D eigenvalue weighted by Gasteiger charge is -2.07. The molecule has 1 aromatic rings. The third-order valence-electron chi connectivity index (χ3n) is 1.64. The lowest BCUT2D eigenvalue weighted by Crippen LogP contribution is -2.15. The summed E-state index contributed by atoms with van der Waals surface area (Å²) in [7, 11) is 1.67. The molecule has 1 aromatic heterocycles. The fraction of sp³-hybridized carbons (Fsp3) is 0.714. The van der Waals surface area contributed by atoms with E-state index in [1.165, 1.54) is 0 Å². The zero-order valence-corrected chi connectivity index (χ0v) is 7.40. The van der Waals surface area contributed by atoms with Crippen LogP contribution in [0.4, 0.5) is 0 Å². The van der Waals surface area contributed by atoms with Crippen LogP contribution in [-0.2, 0) is 17.8 Å². The van der Waals surface area contributed by atoms with Gasteiger partial charge in [0, 0.05) is 19.9 Å². The first-order chi connectivity index (χ1) is 5.76. The summed E-state index contributed by atoms with van der Waals surface area (Å²) in [6.07, 6.45) is 1.98. The highest BCUT2D eigenvalue weighted by Gasteiger charge is 2.02. The highest BCUT2D eigenvalue weighted by molar-refractivity contribution is 4.90. The van der Waals surface area contributed by atoms with E-state index in [0.29, 0.717) is 13.1 Å². The average Bonchev–Trinajstić information content (AvgIpc) is 2.52. The quantitative estimate of drug-likeness (QED) is 0.678. The van der Waals surface area contributed by atoms with Crippen LogP contribution < -0.4 is 5.73 Å². The van der Waals surface area contributed by atoms with E-state index in [9.17, 15) is 0 Å². The summed E-state index contributed by atoms with van der Waals surface area (Å²) in [6.45, 7) is 3.12. The largest absolute Gasteiger partial charge is 0.380 e. The van der Waals surface area contributed by atoms with Gasteiger partial charge in [0.15, 0.2) is 0 Å². The Kier molecular flexibility index (Phi) is 3.19. The van der Waals surface area contributed by atoms with Gasteiger partial charge in [-0.3, -0.25) is 0 Å². The van der Waals surface area contributed by atoms with Gasteiger partial charge in [-0.2, -0.15) is 0 Å². The van der Waals surface area contributed by atoms with Gasteiger partial charge in [0.1, 0.15) is 0 Å². The van der Waals surface area contributed by atoms with Crippen LogP contribution in [0.15, 0.2) is 6.20 Å². The smallest absolute Gasteiger partial charge is 0.0962 e. The summed E-state index contributed by atoms with van der Waals surface area (Å²) in [5.74, 6) is 0. The molecule has 0 bridgehead atoms. The Labute approximate surface area is 71.5 Å². The molecule has 0 radical (unpaired) electrons. The maximum atomic E-state index is 5.38. The maximum absolute atomic E-state index is 5.38. The van der Waals surface area contributed by atoms with Crippen molar-refractivity contribution in [1.82, 2.24) is 15.0 Å². The third-order valence-corrected chi connectivity index (χ3v) is 1.64. The van der Waals surface area contributed by atoms with E-state index in [4.69, 9.17) is 10.5 Å². The summed E-state index contributed by atoms with van der Waals surface area (Å²) < 4.78 is 6.81. The van der Waals surface area contributed by atoms with Crippen LogP contribution in [0, 0.1) is 0 Å². The van der Waals surface area contributed by atoms with Crippen molar-refractivity contribution in [3.63, 3.8) is 0 Å². The molecule has 1 heterocycles. The van der Waals surface area contributed by atoms with Crippen LogP contribution >= 0.6 is 0 Å². The molecule has 0 aliphatic heterocycles. The topological polar surface area (TPSA) is 66.0 Å². The molecule has 0 fully saturated rings. The van der Waals surface area contributed by atoms with Crippen LogP contribution in [0.5, 0.6) is 0 Å². The average molecular weight is 170 g/mol. The first-order valence-corrected chi connectivity index (χ1v) is 3.88. The van der Waals surface area contributed by atoms with E-state index < -0.39 is 0 Å². The van der Waals surface area contributed by atoms with E-state index >= 15 is 0 Å². The molecule has 1 rings (SSSR count). The van der Waals surface area contributed by atoms with Crippen molar-refractivity contribution >= 4 is 0 Å². The Morgan fingerprint density at radius 2 is 2.50 bits per heavy atom. The molecule has 0 saturated carbocycles. The highest BCUT2D eigenvalue weighted by atomic mass is 16.5. The summed E-state index contributed by atoms with van der Waals surface area (Å²) >= 11 is 0. The van der Waals surface area contributed by atoms with Gasteiger partial charge in [0.25, 0.3) is 0 Å². The molecule has 0 amide bonds. The van der Waals surface area contributed by atoms with Crippen molar-refractivity contribution in [2.75, 3.05) is 7.11 Å². The molecule has 5 nitrogen and oxygen atoms in total. The minimum Gasteiger partial charge on any atom is -0.380 e. The molecular weight excluding hydrogens is 156 g/mol. The normalized spacial score (nSPS) is 13.2. The fourth-order valence-electron chi connectivity index (χ4n) is 0.859. The molecule has 0 aliphatic carbocycles. The summed E-state index contributed by atoms with van der Waals surface area (Å²) in [5, 5.41) is 7.74. The van der Waals surface area contributed by atoms with Gasteiger partial charge in [-0.25, -0.2) is 4.68 Å². The van der Waals surface area contributed by atoms with Crippen LogP contribution in [0.3, 0.4) is 0 Å². The number of methoxy groups -OCH3 is 1. The zero-order chi connectivity index (χ0) is 8.97. The van der Waals surface area contributed by atoms with E-state index in [0.717, 1.165) is 5.69 Å². The van der Waals surface area contributed by atoms with Crippen molar-refractivity contribution in [2.24, 2.45) is 5.73 Å². The molecule has 1 atom stereocenters. The Morgan fingerprint density at radius 1 is 1.75 bits per heavy atom. The molecule has 1 unspecified atom stereocenters. The van der Waals surface area contributed by atoms with Gasteiger partial charge in [0.2, 0.25) is 0 Å². The molecule has 0 aliphatic rings. The van der Waals surface area contributed by atoms with Crippen molar-refractivity contribution in [3.05, 3.63) is 11.9 Å². The standard InChI is InChI=1S/C7H14N4O/c1-6(12-2)4-11-5-7(3-8)9-10-11/h5-6H,3-4,8H2,1-2H3. The lowest BCUT2D eigenvalue weighted by atomic mass is 10.4. The van der Waals surface area contributed by atoms with E-state index in [2.05, 4.69) is 10.3 Å². The second-order valence-corrected chi connectivity index (χ2v) is 2.68. The molecule has 12 heavy (non-hydrogen) atoms. The summed E-state index contributed by atoms with van der Waals surface area (Å²) in [5.41, 5.74) is 6.18. The molecule has 0 spiro atoms. The number of nitrogens with zero attached hydrogens (tertiary/aromatic N) is 3. The van der Waals surface area contributed by atoms with Crippen molar-refractivity contribution in [2.45, 2.75) is 26.1 Å². The Bertz CT molecular complexity index is 235. The maximum Gasteiger partial charge on any atom is 0.0962 e. The monoisotopic (exact) mass is 170 g/mol. The second-order valence-electron chi connectivity index (χ2n) is 2.68. The molecule has 0 aromatic carbocycles. The Balaban J connectivity index is 2.52. The van der Waals surface area contributed by atoms with E-state index in [1.807, 2.05) is 13.1 Å². The van der Waals surface area contributed by atoms with Crippen molar-refractivity contribution < 1.29 is 4.74 Å². The minimum absolute atomic E-state index is 0.150. The lowest BCUT2D eigenvalue weighted by molar-refractivity contribution is 0.0993. The number of hydrogen-bond donors (Lipinski definition) is 1. The predicted molar refractivity (Wildman–Crippen MR) is 44.4 cm³/mol. The highest BCUT2D eigenvalue weighted by Crippen LogP contribution is 1.95. The van der Waals surface area contributed by atoms with E-state index in [1.54, 1.807) is 11.8 Å². The SMILES string of the molecule is COC(C)Cn1cc(CN)nn1. The molecule has 68 valence electrons. The van der Waals surface area contributed by atoms with Crippen molar-refractivity contribution in [3.8, 4) is 0 Å². The first-order valence-electron chi connectivity index (χ1n) is 3.88. The number of nitrogens with two attached hydrogens (primary N) is 1.